The molecular weight excluding hydrogens is 506 g/mol. The summed E-state index contributed by atoms with van der Waals surface area (Å²) in [5, 5.41) is 5.51. The molecule has 0 saturated carbocycles. The van der Waals surface area contributed by atoms with Crippen molar-refractivity contribution in [3.05, 3.63) is 60.0 Å². The fourth-order valence-corrected chi connectivity index (χ4v) is 3.97. The Morgan fingerprint density at radius 2 is 1.62 bits per heavy atom. The van der Waals surface area contributed by atoms with Crippen molar-refractivity contribution in [3.63, 3.8) is 0 Å². The molecule has 1 fully saturated rings. The van der Waals surface area contributed by atoms with E-state index < -0.39 is 29.5 Å². The molecule has 0 aliphatic carbocycles. The van der Waals surface area contributed by atoms with Gasteiger partial charge in [-0.05, 0) is 37.1 Å². The normalized spacial score (nSPS) is 14.6. The van der Waals surface area contributed by atoms with Crippen LogP contribution in [0.25, 0.3) is 11.2 Å². The highest BCUT2D eigenvalue weighted by molar-refractivity contribution is 5.77. The van der Waals surface area contributed by atoms with Crippen LogP contribution in [-0.4, -0.2) is 39.1 Å². The van der Waals surface area contributed by atoms with Crippen molar-refractivity contribution in [1.29, 1.82) is 0 Å². The first-order chi connectivity index (χ1) is 17.7. The van der Waals surface area contributed by atoms with E-state index in [0.717, 1.165) is 12.1 Å². The zero-order valence-corrected chi connectivity index (χ0v) is 18.8. The molecule has 37 heavy (non-hydrogen) atoms. The summed E-state index contributed by atoms with van der Waals surface area (Å²) in [6.45, 7) is 0.900. The van der Waals surface area contributed by atoms with Gasteiger partial charge >= 0.3 is 6.36 Å². The summed E-state index contributed by atoms with van der Waals surface area (Å²) in [6.07, 6.45) is -2.27. The number of hydrogen-bond donors (Lipinski definition) is 2. The van der Waals surface area contributed by atoms with E-state index in [0.29, 0.717) is 55.0 Å². The van der Waals surface area contributed by atoms with Crippen LogP contribution in [0.15, 0.2) is 42.6 Å². The molecule has 3 heterocycles. The molecule has 1 saturated heterocycles. The molecule has 4 aromatic rings. The first kappa shape index (κ1) is 24.6. The standard InChI is InChI=1S/C23H18F6N6O2/c24-12-9-16(25)19(17(26)10-12)33-22-32-18-11-30-21(34-20(18)35(22)14-5-7-36-8-6-14)31-13-1-3-15(4-2-13)37-23(27,28)29/h1-4,9-11,14H,5-8H2,(H,32,33)(H,30,31,34). The van der Waals surface area contributed by atoms with E-state index in [1.165, 1.54) is 18.3 Å². The van der Waals surface area contributed by atoms with Gasteiger partial charge in [-0.15, -0.1) is 13.2 Å². The van der Waals surface area contributed by atoms with Gasteiger partial charge in [-0.3, -0.25) is 4.57 Å². The van der Waals surface area contributed by atoms with Gasteiger partial charge in [0, 0.05) is 37.1 Å². The van der Waals surface area contributed by atoms with E-state index in [4.69, 9.17) is 4.74 Å². The second-order valence-electron chi connectivity index (χ2n) is 8.12. The van der Waals surface area contributed by atoms with Crippen LogP contribution in [0.5, 0.6) is 5.75 Å². The number of rotatable bonds is 6. The van der Waals surface area contributed by atoms with Crippen LogP contribution in [0, 0.1) is 17.5 Å². The van der Waals surface area contributed by atoms with Crippen molar-refractivity contribution < 1.29 is 35.8 Å². The molecule has 0 amide bonds. The quantitative estimate of drug-likeness (QED) is 0.300. The highest BCUT2D eigenvalue weighted by atomic mass is 19.4. The molecular formula is C23H18F6N6O2. The number of nitrogens with one attached hydrogen (secondary N) is 2. The van der Waals surface area contributed by atoms with Crippen molar-refractivity contribution in [1.82, 2.24) is 19.5 Å². The van der Waals surface area contributed by atoms with Crippen LogP contribution < -0.4 is 15.4 Å². The summed E-state index contributed by atoms with van der Waals surface area (Å²) >= 11 is 0. The average molecular weight is 524 g/mol. The van der Waals surface area contributed by atoms with Gasteiger partial charge in [0.15, 0.2) is 17.3 Å². The molecule has 5 rings (SSSR count). The molecule has 14 heteroatoms. The predicted octanol–water partition coefficient (Wildman–Crippen LogP) is 5.98. The van der Waals surface area contributed by atoms with Crippen LogP contribution >= 0.6 is 0 Å². The zero-order valence-electron chi connectivity index (χ0n) is 18.8. The maximum atomic E-state index is 14.3. The number of ether oxygens (including phenoxy) is 2. The van der Waals surface area contributed by atoms with Crippen LogP contribution in [0.3, 0.4) is 0 Å². The number of fused-ring (bicyclic) bond motifs is 1. The minimum atomic E-state index is -4.81. The summed E-state index contributed by atoms with van der Waals surface area (Å²) in [4.78, 5) is 13.1. The number of hydrogen-bond acceptors (Lipinski definition) is 7. The van der Waals surface area contributed by atoms with E-state index in [1.807, 2.05) is 0 Å². The zero-order chi connectivity index (χ0) is 26.2. The maximum Gasteiger partial charge on any atom is 0.573 e. The predicted molar refractivity (Wildman–Crippen MR) is 120 cm³/mol. The molecule has 8 nitrogen and oxygen atoms in total. The van der Waals surface area contributed by atoms with E-state index in [9.17, 15) is 26.3 Å². The van der Waals surface area contributed by atoms with Crippen LogP contribution in [0.2, 0.25) is 0 Å². The number of anilines is 4. The second kappa shape index (κ2) is 9.76. The summed E-state index contributed by atoms with van der Waals surface area (Å²) < 4.78 is 90.2. The van der Waals surface area contributed by atoms with Crippen molar-refractivity contribution in [2.45, 2.75) is 25.2 Å². The third-order valence-corrected chi connectivity index (χ3v) is 5.58. The minimum Gasteiger partial charge on any atom is -0.406 e. The Morgan fingerprint density at radius 1 is 0.946 bits per heavy atom. The van der Waals surface area contributed by atoms with Crippen LogP contribution in [0.1, 0.15) is 18.9 Å². The van der Waals surface area contributed by atoms with Gasteiger partial charge in [0.2, 0.25) is 11.9 Å². The van der Waals surface area contributed by atoms with Gasteiger partial charge in [0.1, 0.15) is 22.8 Å². The molecule has 0 bridgehead atoms. The van der Waals surface area contributed by atoms with Crippen LogP contribution in [0.4, 0.5) is 49.6 Å². The van der Waals surface area contributed by atoms with Crippen LogP contribution in [-0.2, 0) is 4.74 Å². The molecule has 1 aliphatic rings. The molecule has 2 aromatic heterocycles. The molecule has 1 aliphatic heterocycles. The number of nitrogens with zero attached hydrogens (tertiary/aromatic N) is 4. The van der Waals surface area contributed by atoms with E-state index in [2.05, 4.69) is 30.3 Å². The lowest BCUT2D eigenvalue weighted by atomic mass is 10.1. The van der Waals surface area contributed by atoms with Gasteiger partial charge in [0.05, 0.1) is 6.20 Å². The lowest BCUT2D eigenvalue weighted by Gasteiger charge is -2.25. The lowest BCUT2D eigenvalue weighted by Crippen LogP contribution is -2.21. The summed E-state index contributed by atoms with van der Waals surface area (Å²) in [5.74, 6) is -3.52. The summed E-state index contributed by atoms with van der Waals surface area (Å²) in [5.41, 5.74) is 0.473. The van der Waals surface area contributed by atoms with Gasteiger partial charge in [0.25, 0.3) is 0 Å². The van der Waals surface area contributed by atoms with Crippen molar-refractivity contribution in [2.24, 2.45) is 0 Å². The van der Waals surface area contributed by atoms with Gasteiger partial charge in [-0.25, -0.2) is 23.1 Å². The second-order valence-corrected chi connectivity index (χ2v) is 8.12. The van der Waals surface area contributed by atoms with Crippen molar-refractivity contribution >= 4 is 34.4 Å². The molecule has 2 N–H and O–H groups in total. The molecule has 2 aromatic carbocycles. The van der Waals surface area contributed by atoms with E-state index >= 15 is 0 Å². The minimum absolute atomic E-state index is 0.0754. The van der Waals surface area contributed by atoms with Gasteiger partial charge in [-0.1, -0.05) is 0 Å². The third-order valence-electron chi connectivity index (χ3n) is 5.58. The first-order valence-corrected chi connectivity index (χ1v) is 11.0. The Labute approximate surface area is 205 Å². The number of benzene rings is 2. The summed E-state index contributed by atoms with van der Waals surface area (Å²) in [7, 11) is 0. The maximum absolute atomic E-state index is 14.3. The first-order valence-electron chi connectivity index (χ1n) is 11.0. The third kappa shape index (κ3) is 5.53. The highest BCUT2D eigenvalue weighted by Gasteiger charge is 2.31. The topological polar surface area (TPSA) is 86.1 Å². The number of halogens is 6. The Morgan fingerprint density at radius 3 is 2.27 bits per heavy atom. The Hall–Kier alpha value is -4.07. The molecule has 0 unspecified atom stereocenters. The number of imidazole rings is 1. The van der Waals surface area contributed by atoms with Crippen molar-refractivity contribution in [3.8, 4) is 5.75 Å². The monoisotopic (exact) mass is 524 g/mol. The van der Waals surface area contributed by atoms with Gasteiger partial charge in [-0.2, -0.15) is 4.98 Å². The largest absolute Gasteiger partial charge is 0.573 e. The molecule has 0 atom stereocenters. The Balaban J connectivity index is 1.49. The Kier molecular flexibility index (Phi) is 6.50. The fraction of sp³-hybridized carbons (Fsp3) is 0.261. The van der Waals surface area contributed by atoms with Gasteiger partial charge < -0.3 is 20.1 Å². The lowest BCUT2D eigenvalue weighted by molar-refractivity contribution is -0.274. The number of alkyl halides is 3. The molecule has 0 spiro atoms. The number of aromatic nitrogens is 4. The smallest absolute Gasteiger partial charge is 0.406 e. The SMILES string of the molecule is Fc1cc(F)c(Nc2nc3cnc(Nc4ccc(OC(F)(F)F)cc4)nc3n2C2CCOCC2)c(F)c1. The average Bonchev–Trinajstić information content (AvgIpc) is 3.19. The van der Waals surface area contributed by atoms with E-state index in [1.54, 1.807) is 4.57 Å². The fourth-order valence-electron chi connectivity index (χ4n) is 3.97. The Bertz CT molecular complexity index is 1400. The molecule has 0 radical (unpaired) electrons. The highest BCUT2D eigenvalue weighted by Crippen LogP contribution is 2.33. The van der Waals surface area contributed by atoms with Crippen molar-refractivity contribution in [2.75, 3.05) is 23.8 Å². The van der Waals surface area contributed by atoms with E-state index in [-0.39, 0.29) is 23.7 Å². The molecule has 194 valence electrons. The summed E-state index contributed by atoms with van der Waals surface area (Å²) in [6, 6.07) is 5.91.